The minimum Gasteiger partial charge on any atom is -0.337 e. The van der Waals surface area contributed by atoms with E-state index in [1.807, 2.05) is 47.4 Å². The molecule has 3 aromatic rings. The first kappa shape index (κ1) is 17.1. The molecule has 0 aliphatic rings. The molecule has 2 heterocycles. The van der Waals surface area contributed by atoms with Crippen LogP contribution in [0, 0.1) is 0 Å². The maximum atomic E-state index is 12.6. The molecule has 6 nitrogen and oxygen atoms in total. The van der Waals surface area contributed by atoms with E-state index in [0.29, 0.717) is 26.1 Å². The van der Waals surface area contributed by atoms with Gasteiger partial charge in [-0.1, -0.05) is 30.3 Å². The highest BCUT2D eigenvalue weighted by Crippen LogP contribution is 2.15. The standard InChI is InChI=1S/C19H23N5O/c20-11-13-24(14-15-6-2-1-3-7-15)18(25)10-4-9-17-16-8-5-12-21-19(16)23-22-17/h1-3,5-8,12H,4,9-11,13-14,20H2,(H,21,22,23). The number of carbonyl (C=O) groups is 1. The van der Waals surface area contributed by atoms with Gasteiger partial charge in [-0.2, -0.15) is 5.10 Å². The summed E-state index contributed by atoms with van der Waals surface area (Å²) in [5.41, 5.74) is 8.54. The maximum absolute atomic E-state index is 12.6. The summed E-state index contributed by atoms with van der Waals surface area (Å²) in [5.74, 6) is 0.132. The Bertz CT molecular complexity index is 815. The summed E-state index contributed by atoms with van der Waals surface area (Å²) >= 11 is 0. The van der Waals surface area contributed by atoms with Crippen LogP contribution in [-0.4, -0.2) is 39.1 Å². The largest absolute Gasteiger partial charge is 0.337 e. The van der Waals surface area contributed by atoms with Gasteiger partial charge in [0, 0.05) is 37.6 Å². The lowest BCUT2D eigenvalue weighted by Gasteiger charge is -2.22. The second kappa shape index (κ2) is 8.39. The Morgan fingerprint density at radius 2 is 2.00 bits per heavy atom. The zero-order valence-corrected chi connectivity index (χ0v) is 14.2. The molecule has 0 saturated heterocycles. The normalized spacial score (nSPS) is 10.9. The zero-order valence-electron chi connectivity index (χ0n) is 14.2. The molecule has 2 aromatic heterocycles. The van der Waals surface area contributed by atoms with E-state index in [-0.39, 0.29) is 5.91 Å². The molecular weight excluding hydrogens is 314 g/mol. The second-order valence-corrected chi connectivity index (χ2v) is 6.01. The molecule has 0 aliphatic heterocycles. The van der Waals surface area contributed by atoms with Crippen molar-refractivity contribution in [2.75, 3.05) is 13.1 Å². The average Bonchev–Trinajstić information content (AvgIpc) is 3.05. The minimum absolute atomic E-state index is 0.132. The molecule has 1 amide bonds. The van der Waals surface area contributed by atoms with Gasteiger partial charge in [0.2, 0.25) is 5.91 Å². The quantitative estimate of drug-likeness (QED) is 0.660. The predicted molar refractivity (Wildman–Crippen MR) is 97.7 cm³/mol. The van der Waals surface area contributed by atoms with E-state index in [0.717, 1.165) is 35.1 Å². The monoisotopic (exact) mass is 337 g/mol. The number of nitrogens with one attached hydrogen (secondary N) is 1. The number of hydrogen-bond donors (Lipinski definition) is 2. The Labute approximate surface area is 147 Å². The van der Waals surface area contributed by atoms with E-state index in [4.69, 9.17) is 5.73 Å². The average molecular weight is 337 g/mol. The number of benzene rings is 1. The molecule has 3 rings (SSSR count). The molecule has 0 aliphatic carbocycles. The van der Waals surface area contributed by atoms with Crippen molar-refractivity contribution in [1.29, 1.82) is 0 Å². The van der Waals surface area contributed by atoms with Crippen molar-refractivity contribution in [3.63, 3.8) is 0 Å². The fourth-order valence-corrected chi connectivity index (χ4v) is 2.92. The number of carbonyl (C=O) groups excluding carboxylic acids is 1. The third kappa shape index (κ3) is 4.42. The second-order valence-electron chi connectivity index (χ2n) is 6.01. The van der Waals surface area contributed by atoms with Crippen LogP contribution >= 0.6 is 0 Å². The van der Waals surface area contributed by atoms with Crippen molar-refractivity contribution in [1.82, 2.24) is 20.1 Å². The number of aromatic nitrogens is 3. The molecule has 0 fully saturated rings. The number of fused-ring (bicyclic) bond motifs is 1. The molecule has 25 heavy (non-hydrogen) atoms. The Morgan fingerprint density at radius 3 is 2.80 bits per heavy atom. The molecule has 0 spiro atoms. The molecule has 0 radical (unpaired) electrons. The Hall–Kier alpha value is -2.73. The maximum Gasteiger partial charge on any atom is 0.222 e. The van der Waals surface area contributed by atoms with E-state index in [1.165, 1.54) is 0 Å². The number of amides is 1. The van der Waals surface area contributed by atoms with Gasteiger partial charge in [0.1, 0.15) is 0 Å². The zero-order chi connectivity index (χ0) is 17.5. The smallest absolute Gasteiger partial charge is 0.222 e. The first-order chi connectivity index (χ1) is 12.3. The SMILES string of the molecule is NCCN(Cc1ccccc1)C(=O)CCCc1n[nH]c2ncccc12. The molecule has 6 heteroatoms. The fraction of sp³-hybridized carbons (Fsp3) is 0.316. The highest BCUT2D eigenvalue weighted by molar-refractivity contribution is 5.78. The Kier molecular flexibility index (Phi) is 5.74. The van der Waals surface area contributed by atoms with Gasteiger partial charge >= 0.3 is 0 Å². The molecular formula is C19H23N5O. The van der Waals surface area contributed by atoms with Gasteiger partial charge in [0.25, 0.3) is 0 Å². The summed E-state index contributed by atoms with van der Waals surface area (Å²) in [7, 11) is 0. The van der Waals surface area contributed by atoms with E-state index in [2.05, 4.69) is 15.2 Å². The van der Waals surface area contributed by atoms with Gasteiger partial charge in [0.05, 0.1) is 5.69 Å². The summed E-state index contributed by atoms with van der Waals surface area (Å²) in [5, 5.41) is 8.26. The van der Waals surface area contributed by atoms with Crippen LogP contribution in [0.25, 0.3) is 11.0 Å². The number of aromatic amines is 1. The van der Waals surface area contributed by atoms with Crippen molar-refractivity contribution < 1.29 is 4.79 Å². The van der Waals surface area contributed by atoms with Crippen LogP contribution in [0.2, 0.25) is 0 Å². The van der Waals surface area contributed by atoms with Crippen LogP contribution in [0.4, 0.5) is 0 Å². The topological polar surface area (TPSA) is 87.9 Å². The molecule has 0 unspecified atom stereocenters. The van der Waals surface area contributed by atoms with Crippen molar-refractivity contribution in [3.8, 4) is 0 Å². The highest BCUT2D eigenvalue weighted by atomic mass is 16.2. The van der Waals surface area contributed by atoms with Crippen molar-refractivity contribution >= 4 is 16.9 Å². The third-order valence-electron chi connectivity index (χ3n) is 4.19. The summed E-state index contributed by atoms with van der Waals surface area (Å²) < 4.78 is 0. The van der Waals surface area contributed by atoms with Crippen molar-refractivity contribution in [2.45, 2.75) is 25.8 Å². The van der Waals surface area contributed by atoms with Gasteiger partial charge in [0.15, 0.2) is 5.65 Å². The molecule has 0 bridgehead atoms. The van der Waals surface area contributed by atoms with Gasteiger partial charge in [-0.25, -0.2) is 4.98 Å². The number of H-pyrrole nitrogens is 1. The first-order valence-electron chi connectivity index (χ1n) is 8.57. The molecule has 3 N–H and O–H groups in total. The molecule has 1 aromatic carbocycles. The van der Waals surface area contributed by atoms with Crippen LogP contribution < -0.4 is 5.73 Å². The van der Waals surface area contributed by atoms with Gasteiger partial charge in [-0.05, 0) is 30.5 Å². The molecule has 130 valence electrons. The molecule has 0 atom stereocenters. The highest BCUT2D eigenvalue weighted by Gasteiger charge is 2.14. The lowest BCUT2D eigenvalue weighted by Crippen LogP contribution is -2.34. The van der Waals surface area contributed by atoms with Crippen LogP contribution in [0.3, 0.4) is 0 Å². The molecule has 0 saturated carbocycles. The number of rotatable bonds is 8. The van der Waals surface area contributed by atoms with Gasteiger partial charge in [-0.15, -0.1) is 0 Å². The third-order valence-corrected chi connectivity index (χ3v) is 4.19. The van der Waals surface area contributed by atoms with Crippen LogP contribution in [0.1, 0.15) is 24.1 Å². The fourth-order valence-electron chi connectivity index (χ4n) is 2.92. The van der Waals surface area contributed by atoms with Gasteiger partial charge < -0.3 is 10.6 Å². The summed E-state index contributed by atoms with van der Waals surface area (Å²) in [6.07, 6.45) is 3.73. The lowest BCUT2D eigenvalue weighted by atomic mass is 10.1. The Balaban J connectivity index is 1.56. The van der Waals surface area contributed by atoms with Crippen LogP contribution in [0.5, 0.6) is 0 Å². The van der Waals surface area contributed by atoms with E-state index >= 15 is 0 Å². The number of aryl methyl sites for hydroxylation is 1. The van der Waals surface area contributed by atoms with Crippen LogP contribution in [-0.2, 0) is 17.8 Å². The summed E-state index contributed by atoms with van der Waals surface area (Å²) in [6, 6.07) is 13.9. The number of nitrogens with two attached hydrogens (primary N) is 1. The summed E-state index contributed by atoms with van der Waals surface area (Å²) in [6.45, 7) is 1.64. The number of hydrogen-bond acceptors (Lipinski definition) is 4. The Morgan fingerprint density at radius 1 is 1.16 bits per heavy atom. The van der Waals surface area contributed by atoms with E-state index in [9.17, 15) is 4.79 Å². The predicted octanol–water partition coefficient (Wildman–Crippen LogP) is 2.27. The van der Waals surface area contributed by atoms with Gasteiger partial charge in [-0.3, -0.25) is 9.89 Å². The van der Waals surface area contributed by atoms with Crippen LogP contribution in [0.15, 0.2) is 48.7 Å². The van der Waals surface area contributed by atoms with E-state index < -0.39 is 0 Å². The van der Waals surface area contributed by atoms with Crippen molar-refractivity contribution in [3.05, 3.63) is 59.9 Å². The van der Waals surface area contributed by atoms with E-state index in [1.54, 1.807) is 6.20 Å². The minimum atomic E-state index is 0.132. The lowest BCUT2D eigenvalue weighted by molar-refractivity contribution is -0.131. The number of pyridine rings is 1. The van der Waals surface area contributed by atoms with Crippen molar-refractivity contribution in [2.24, 2.45) is 5.73 Å². The summed E-state index contributed by atoms with van der Waals surface area (Å²) in [4.78, 5) is 18.6. The number of nitrogens with zero attached hydrogens (tertiary/aromatic N) is 3. The first-order valence-corrected chi connectivity index (χ1v) is 8.57.